The number of nitrogens with one attached hydrogen (secondary N) is 2. The third-order valence-corrected chi connectivity index (χ3v) is 3.17. The van der Waals surface area contributed by atoms with Crippen LogP contribution in [-0.4, -0.2) is 24.3 Å². The quantitative estimate of drug-likeness (QED) is 0.702. The second kappa shape index (κ2) is 7.24. The molecule has 0 fully saturated rings. The number of rotatable bonds is 6. The summed E-state index contributed by atoms with van der Waals surface area (Å²) < 4.78 is 13.3. The third kappa shape index (κ3) is 5.57. The predicted octanol–water partition coefficient (Wildman–Crippen LogP) is 3.05. The first-order chi connectivity index (χ1) is 9.34. The minimum atomic E-state index is -0.352. The van der Waals surface area contributed by atoms with Crippen molar-refractivity contribution in [3.05, 3.63) is 29.6 Å². The number of aliphatic hydroxyl groups is 1. The molecule has 0 bridgehead atoms. The highest BCUT2D eigenvalue weighted by Crippen LogP contribution is 2.20. The van der Waals surface area contributed by atoms with Crippen molar-refractivity contribution in [3.63, 3.8) is 0 Å². The van der Waals surface area contributed by atoms with Gasteiger partial charge in [0.1, 0.15) is 5.82 Å². The number of benzene rings is 1. The summed E-state index contributed by atoms with van der Waals surface area (Å²) in [5, 5.41) is 14.4. The summed E-state index contributed by atoms with van der Waals surface area (Å²) in [6, 6.07) is 4.22. The summed E-state index contributed by atoms with van der Waals surface area (Å²) in [5.74, 6) is -0.340. The number of halogens is 1. The van der Waals surface area contributed by atoms with Crippen LogP contribution < -0.4 is 10.6 Å². The molecule has 0 aromatic heterocycles. The van der Waals surface area contributed by atoms with E-state index in [1.165, 1.54) is 6.07 Å². The van der Waals surface area contributed by atoms with Crippen LogP contribution in [0.1, 0.15) is 32.3 Å². The molecule has 0 atom stereocenters. The Bertz CT molecular complexity index is 461. The van der Waals surface area contributed by atoms with E-state index in [0.717, 1.165) is 12.8 Å². The average Bonchev–Trinajstić information content (AvgIpc) is 2.39. The maximum atomic E-state index is 13.3. The van der Waals surface area contributed by atoms with Gasteiger partial charge in [0.25, 0.3) is 0 Å². The first kappa shape index (κ1) is 16.4. The maximum absolute atomic E-state index is 13.3. The first-order valence-corrected chi connectivity index (χ1v) is 6.76. The minimum Gasteiger partial charge on any atom is -0.396 e. The smallest absolute Gasteiger partial charge is 0.319 e. The van der Waals surface area contributed by atoms with Gasteiger partial charge in [-0.25, -0.2) is 9.18 Å². The molecular weight excluding hydrogens is 259 g/mol. The van der Waals surface area contributed by atoms with Crippen molar-refractivity contribution < 1.29 is 14.3 Å². The largest absolute Gasteiger partial charge is 0.396 e. The minimum absolute atomic E-state index is 0.127. The Morgan fingerprint density at radius 1 is 1.40 bits per heavy atom. The fraction of sp³-hybridized carbons (Fsp3) is 0.533. The van der Waals surface area contributed by atoms with Crippen LogP contribution in [0.15, 0.2) is 18.2 Å². The lowest BCUT2D eigenvalue weighted by molar-refractivity contribution is 0.148. The number of hydrogen-bond donors (Lipinski definition) is 3. The second-order valence-electron chi connectivity index (χ2n) is 5.77. The molecule has 0 saturated carbocycles. The van der Waals surface area contributed by atoms with Gasteiger partial charge in [-0.05, 0) is 42.9 Å². The van der Waals surface area contributed by atoms with E-state index in [4.69, 9.17) is 5.11 Å². The zero-order valence-corrected chi connectivity index (χ0v) is 12.3. The molecule has 0 radical (unpaired) electrons. The molecular formula is C15H23FN2O2. The molecule has 1 aromatic carbocycles. The highest BCUT2D eigenvalue weighted by atomic mass is 19.1. The zero-order chi connectivity index (χ0) is 15.2. The Hall–Kier alpha value is -1.62. The van der Waals surface area contributed by atoms with Crippen molar-refractivity contribution in [2.45, 2.75) is 33.6 Å². The lowest BCUT2D eigenvalue weighted by Gasteiger charge is -2.21. The lowest BCUT2D eigenvalue weighted by atomic mass is 9.89. The van der Waals surface area contributed by atoms with E-state index < -0.39 is 0 Å². The zero-order valence-electron chi connectivity index (χ0n) is 12.3. The molecule has 0 spiro atoms. The van der Waals surface area contributed by atoms with Gasteiger partial charge in [0.05, 0.1) is 0 Å². The molecule has 0 aliphatic carbocycles. The summed E-state index contributed by atoms with van der Waals surface area (Å²) in [6.07, 6.45) is 1.60. The van der Waals surface area contributed by atoms with Crippen molar-refractivity contribution in [1.82, 2.24) is 5.32 Å². The van der Waals surface area contributed by atoms with E-state index >= 15 is 0 Å². The van der Waals surface area contributed by atoms with Crippen molar-refractivity contribution in [2.24, 2.45) is 5.41 Å². The molecule has 0 aliphatic heterocycles. The van der Waals surface area contributed by atoms with Crippen molar-refractivity contribution >= 4 is 11.7 Å². The molecule has 3 N–H and O–H groups in total. The van der Waals surface area contributed by atoms with Gasteiger partial charge in [-0.3, -0.25) is 0 Å². The molecule has 4 nitrogen and oxygen atoms in total. The summed E-state index contributed by atoms with van der Waals surface area (Å²) in [6.45, 7) is 6.26. The number of anilines is 1. The number of carbonyl (C=O) groups is 1. The SMILES string of the molecule is Cc1ccc(NC(=O)NCCCC(C)(C)CO)cc1F. The number of aryl methyl sites for hydroxylation is 1. The van der Waals surface area contributed by atoms with Crippen LogP contribution in [0.25, 0.3) is 0 Å². The number of amides is 2. The fourth-order valence-electron chi connectivity index (χ4n) is 1.69. The number of urea groups is 1. The van der Waals surface area contributed by atoms with E-state index in [1.807, 2.05) is 13.8 Å². The van der Waals surface area contributed by atoms with Crippen molar-refractivity contribution in [2.75, 3.05) is 18.5 Å². The number of aliphatic hydroxyl groups excluding tert-OH is 1. The fourth-order valence-corrected chi connectivity index (χ4v) is 1.69. The van der Waals surface area contributed by atoms with E-state index in [9.17, 15) is 9.18 Å². The molecule has 2 amide bonds. The van der Waals surface area contributed by atoms with Crippen molar-refractivity contribution in [3.8, 4) is 0 Å². The van der Waals surface area contributed by atoms with Gasteiger partial charge in [0, 0.05) is 18.8 Å². The van der Waals surface area contributed by atoms with Crippen molar-refractivity contribution in [1.29, 1.82) is 0 Å². The van der Waals surface area contributed by atoms with Crippen LogP contribution in [0.4, 0.5) is 14.9 Å². The topological polar surface area (TPSA) is 61.4 Å². The first-order valence-electron chi connectivity index (χ1n) is 6.76. The van der Waals surface area contributed by atoms with Crippen LogP contribution in [-0.2, 0) is 0 Å². The summed E-state index contributed by atoms with van der Waals surface area (Å²) in [7, 11) is 0. The van der Waals surface area contributed by atoms with E-state index in [1.54, 1.807) is 19.1 Å². The van der Waals surface area contributed by atoms with E-state index in [-0.39, 0.29) is 23.9 Å². The molecule has 0 unspecified atom stereocenters. The molecule has 0 heterocycles. The van der Waals surface area contributed by atoms with Gasteiger partial charge in [0.2, 0.25) is 0 Å². The van der Waals surface area contributed by atoms with Gasteiger partial charge in [-0.2, -0.15) is 0 Å². The Morgan fingerprint density at radius 2 is 2.10 bits per heavy atom. The summed E-state index contributed by atoms with van der Waals surface area (Å²) in [4.78, 5) is 11.6. The van der Waals surface area contributed by atoms with E-state index in [0.29, 0.717) is 17.8 Å². The van der Waals surface area contributed by atoms with Gasteiger partial charge in [-0.1, -0.05) is 19.9 Å². The van der Waals surface area contributed by atoms with Gasteiger partial charge >= 0.3 is 6.03 Å². The molecule has 20 heavy (non-hydrogen) atoms. The molecule has 1 aromatic rings. The van der Waals surface area contributed by atoms with Gasteiger partial charge in [0.15, 0.2) is 0 Å². The van der Waals surface area contributed by atoms with Crippen LogP contribution >= 0.6 is 0 Å². The maximum Gasteiger partial charge on any atom is 0.319 e. The molecule has 1 rings (SSSR count). The normalized spacial score (nSPS) is 11.2. The predicted molar refractivity (Wildman–Crippen MR) is 78.3 cm³/mol. The van der Waals surface area contributed by atoms with Crippen LogP contribution in [0.5, 0.6) is 0 Å². The number of hydrogen-bond acceptors (Lipinski definition) is 2. The highest BCUT2D eigenvalue weighted by molar-refractivity contribution is 5.89. The Labute approximate surface area is 119 Å². The highest BCUT2D eigenvalue weighted by Gasteiger charge is 2.15. The standard InChI is InChI=1S/C15H23FN2O2/c1-11-5-6-12(9-13(11)16)18-14(20)17-8-4-7-15(2,3)10-19/h5-6,9,19H,4,7-8,10H2,1-3H3,(H2,17,18,20). The average molecular weight is 282 g/mol. The second-order valence-corrected chi connectivity index (χ2v) is 5.77. The Morgan fingerprint density at radius 3 is 2.70 bits per heavy atom. The summed E-state index contributed by atoms with van der Waals surface area (Å²) in [5.41, 5.74) is 0.849. The molecule has 0 saturated heterocycles. The molecule has 112 valence electrons. The lowest BCUT2D eigenvalue weighted by Crippen LogP contribution is -2.30. The third-order valence-electron chi connectivity index (χ3n) is 3.17. The monoisotopic (exact) mass is 282 g/mol. The van der Waals surface area contributed by atoms with Crippen LogP contribution in [0.3, 0.4) is 0 Å². The Balaban J connectivity index is 2.32. The molecule has 0 aliphatic rings. The van der Waals surface area contributed by atoms with Crippen LogP contribution in [0, 0.1) is 18.2 Å². The Kier molecular flexibility index (Phi) is 5.95. The van der Waals surface area contributed by atoms with Crippen LogP contribution in [0.2, 0.25) is 0 Å². The summed E-state index contributed by atoms with van der Waals surface area (Å²) >= 11 is 0. The number of carbonyl (C=O) groups excluding carboxylic acids is 1. The van der Waals surface area contributed by atoms with Gasteiger partial charge in [-0.15, -0.1) is 0 Å². The van der Waals surface area contributed by atoms with Gasteiger partial charge < -0.3 is 15.7 Å². The van der Waals surface area contributed by atoms with E-state index in [2.05, 4.69) is 10.6 Å². The molecule has 5 heteroatoms.